The van der Waals surface area contributed by atoms with Crippen molar-refractivity contribution in [1.82, 2.24) is 9.97 Å². The van der Waals surface area contributed by atoms with E-state index in [1.54, 1.807) is 7.11 Å². The van der Waals surface area contributed by atoms with Gasteiger partial charge in [0.05, 0.1) is 7.11 Å². The molecule has 0 radical (unpaired) electrons. The molecule has 0 saturated heterocycles. The second-order valence-electron chi connectivity index (χ2n) is 3.62. The maximum Gasteiger partial charge on any atom is 0.146 e. The molecule has 0 aliphatic carbocycles. The minimum absolute atomic E-state index is 0.419. The molecule has 0 atom stereocenters. The molecule has 2 aromatic rings. The third-order valence-corrected chi connectivity index (χ3v) is 3.22. The standard InChI is InChI=1S/C12H13BrN4O/c1-18-9-4-2-8(3-5-9)6-15-12-10(13)11(14)16-7-17-12/h2-5,7H,6H2,1H3,(H3,14,15,16,17). The number of rotatable bonds is 4. The predicted molar refractivity (Wildman–Crippen MR) is 74.5 cm³/mol. The van der Waals surface area contributed by atoms with E-state index >= 15 is 0 Å². The Morgan fingerprint density at radius 3 is 2.67 bits per heavy atom. The van der Waals surface area contributed by atoms with Gasteiger partial charge in [0, 0.05) is 6.54 Å². The van der Waals surface area contributed by atoms with Gasteiger partial charge in [-0.1, -0.05) is 12.1 Å². The summed E-state index contributed by atoms with van der Waals surface area (Å²) < 4.78 is 5.78. The first-order valence-corrected chi connectivity index (χ1v) is 6.13. The summed E-state index contributed by atoms with van der Waals surface area (Å²) in [7, 11) is 1.65. The van der Waals surface area contributed by atoms with Crippen LogP contribution in [0.5, 0.6) is 5.75 Å². The van der Waals surface area contributed by atoms with Crippen molar-refractivity contribution in [1.29, 1.82) is 0 Å². The number of hydrogen-bond acceptors (Lipinski definition) is 5. The zero-order chi connectivity index (χ0) is 13.0. The molecule has 2 rings (SSSR count). The van der Waals surface area contributed by atoms with Gasteiger partial charge in [0.25, 0.3) is 0 Å². The number of nitrogens with two attached hydrogens (primary N) is 1. The Kier molecular flexibility index (Phi) is 3.99. The first kappa shape index (κ1) is 12.6. The van der Waals surface area contributed by atoms with Gasteiger partial charge in [-0.3, -0.25) is 0 Å². The number of nitrogen functional groups attached to an aromatic ring is 1. The summed E-state index contributed by atoms with van der Waals surface area (Å²) in [6.07, 6.45) is 1.43. The highest BCUT2D eigenvalue weighted by Gasteiger charge is 2.05. The highest BCUT2D eigenvalue weighted by atomic mass is 79.9. The smallest absolute Gasteiger partial charge is 0.146 e. The number of benzene rings is 1. The third-order valence-electron chi connectivity index (χ3n) is 2.44. The summed E-state index contributed by atoms with van der Waals surface area (Å²) in [5.74, 6) is 1.94. The third kappa shape index (κ3) is 2.89. The Hall–Kier alpha value is -1.82. The second kappa shape index (κ2) is 5.68. The van der Waals surface area contributed by atoms with Crippen LogP contribution >= 0.6 is 15.9 Å². The highest BCUT2D eigenvalue weighted by molar-refractivity contribution is 9.10. The Morgan fingerprint density at radius 2 is 2.00 bits per heavy atom. The van der Waals surface area contributed by atoms with Crippen LogP contribution in [0.3, 0.4) is 0 Å². The lowest BCUT2D eigenvalue weighted by Crippen LogP contribution is -2.04. The van der Waals surface area contributed by atoms with E-state index in [9.17, 15) is 0 Å². The molecule has 0 aliphatic heterocycles. The van der Waals surface area contributed by atoms with Crippen LogP contribution < -0.4 is 15.8 Å². The van der Waals surface area contributed by atoms with E-state index in [4.69, 9.17) is 10.5 Å². The Labute approximate surface area is 114 Å². The molecule has 0 fully saturated rings. The SMILES string of the molecule is COc1ccc(CNc2ncnc(N)c2Br)cc1. The molecule has 1 aromatic heterocycles. The van der Waals surface area contributed by atoms with Gasteiger partial charge < -0.3 is 15.8 Å². The summed E-state index contributed by atoms with van der Waals surface area (Å²) in [6.45, 7) is 0.652. The topological polar surface area (TPSA) is 73.1 Å². The normalized spacial score (nSPS) is 10.1. The second-order valence-corrected chi connectivity index (χ2v) is 4.42. The van der Waals surface area contributed by atoms with Gasteiger partial charge in [-0.15, -0.1) is 0 Å². The Morgan fingerprint density at radius 1 is 1.28 bits per heavy atom. The molecule has 0 unspecified atom stereocenters. The molecule has 0 amide bonds. The minimum atomic E-state index is 0.419. The van der Waals surface area contributed by atoms with E-state index in [1.807, 2.05) is 24.3 Å². The monoisotopic (exact) mass is 308 g/mol. The van der Waals surface area contributed by atoms with Crippen molar-refractivity contribution in [3.8, 4) is 5.75 Å². The van der Waals surface area contributed by atoms with Crippen LogP contribution in [0.25, 0.3) is 0 Å². The van der Waals surface area contributed by atoms with Crippen LogP contribution in [-0.2, 0) is 6.54 Å². The molecule has 18 heavy (non-hydrogen) atoms. The molecule has 5 nitrogen and oxygen atoms in total. The molecule has 1 aromatic carbocycles. The van der Waals surface area contributed by atoms with Crippen LogP contribution in [-0.4, -0.2) is 17.1 Å². The lowest BCUT2D eigenvalue weighted by Gasteiger charge is -2.08. The van der Waals surface area contributed by atoms with E-state index in [-0.39, 0.29) is 0 Å². The average molecular weight is 309 g/mol. The number of methoxy groups -OCH3 is 1. The van der Waals surface area contributed by atoms with Gasteiger partial charge in [-0.25, -0.2) is 9.97 Å². The number of halogens is 1. The predicted octanol–water partition coefficient (Wildman–Crippen LogP) is 2.44. The van der Waals surface area contributed by atoms with Crippen molar-refractivity contribution >= 4 is 27.6 Å². The number of aromatic nitrogens is 2. The van der Waals surface area contributed by atoms with Crippen molar-refractivity contribution in [3.05, 3.63) is 40.6 Å². The van der Waals surface area contributed by atoms with Gasteiger partial charge >= 0.3 is 0 Å². The average Bonchev–Trinajstić information content (AvgIpc) is 2.41. The molecule has 0 spiro atoms. The number of nitrogens with zero attached hydrogens (tertiary/aromatic N) is 2. The number of nitrogens with one attached hydrogen (secondary N) is 1. The molecule has 0 saturated carbocycles. The molecule has 1 heterocycles. The molecular formula is C12H13BrN4O. The van der Waals surface area contributed by atoms with Gasteiger partial charge in [0.2, 0.25) is 0 Å². The zero-order valence-electron chi connectivity index (χ0n) is 9.85. The molecule has 0 aliphatic rings. The summed E-state index contributed by atoms with van der Waals surface area (Å²) >= 11 is 3.34. The maximum atomic E-state index is 5.67. The minimum Gasteiger partial charge on any atom is -0.497 e. The van der Waals surface area contributed by atoms with E-state index in [0.717, 1.165) is 11.3 Å². The van der Waals surface area contributed by atoms with Gasteiger partial charge in [-0.05, 0) is 33.6 Å². The molecular weight excluding hydrogens is 296 g/mol. The van der Waals surface area contributed by atoms with Crippen molar-refractivity contribution in [3.63, 3.8) is 0 Å². The summed E-state index contributed by atoms with van der Waals surface area (Å²) in [5, 5.41) is 3.19. The van der Waals surface area contributed by atoms with Crippen LogP contribution in [0.15, 0.2) is 35.1 Å². The first-order valence-electron chi connectivity index (χ1n) is 5.33. The van der Waals surface area contributed by atoms with Crippen molar-refractivity contribution < 1.29 is 4.74 Å². The fourth-order valence-corrected chi connectivity index (χ4v) is 1.78. The summed E-state index contributed by atoms with van der Waals surface area (Å²) in [5.41, 5.74) is 6.80. The summed E-state index contributed by atoms with van der Waals surface area (Å²) in [4.78, 5) is 7.99. The van der Waals surface area contributed by atoms with Gasteiger partial charge in [-0.2, -0.15) is 0 Å². The Balaban J connectivity index is 2.04. The molecule has 94 valence electrons. The van der Waals surface area contributed by atoms with Gasteiger partial charge in [0.15, 0.2) is 0 Å². The zero-order valence-corrected chi connectivity index (χ0v) is 11.4. The molecule has 0 bridgehead atoms. The fraction of sp³-hybridized carbons (Fsp3) is 0.167. The lowest BCUT2D eigenvalue weighted by atomic mass is 10.2. The van der Waals surface area contributed by atoms with Crippen molar-refractivity contribution in [2.45, 2.75) is 6.54 Å². The van der Waals surface area contributed by atoms with Crippen molar-refractivity contribution in [2.24, 2.45) is 0 Å². The van der Waals surface area contributed by atoms with E-state index in [2.05, 4.69) is 31.2 Å². The number of hydrogen-bond donors (Lipinski definition) is 2. The maximum absolute atomic E-state index is 5.67. The van der Waals surface area contributed by atoms with Crippen LogP contribution in [0.1, 0.15) is 5.56 Å². The fourth-order valence-electron chi connectivity index (χ4n) is 1.44. The van der Waals surface area contributed by atoms with Crippen LogP contribution in [0.2, 0.25) is 0 Å². The van der Waals surface area contributed by atoms with E-state index in [1.165, 1.54) is 6.33 Å². The Bertz CT molecular complexity index is 530. The molecule has 6 heteroatoms. The van der Waals surface area contributed by atoms with Crippen LogP contribution in [0, 0.1) is 0 Å². The number of ether oxygens (including phenoxy) is 1. The molecule has 3 N–H and O–H groups in total. The highest BCUT2D eigenvalue weighted by Crippen LogP contribution is 2.24. The van der Waals surface area contributed by atoms with Crippen LogP contribution in [0.4, 0.5) is 11.6 Å². The number of anilines is 2. The quantitative estimate of drug-likeness (QED) is 0.907. The van der Waals surface area contributed by atoms with Gasteiger partial charge in [0.1, 0.15) is 28.2 Å². The van der Waals surface area contributed by atoms with E-state index < -0.39 is 0 Å². The summed E-state index contributed by atoms with van der Waals surface area (Å²) in [6, 6.07) is 7.81. The lowest BCUT2D eigenvalue weighted by molar-refractivity contribution is 0.414. The first-order chi connectivity index (χ1) is 8.70. The van der Waals surface area contributed by atoms with E-state index in [0.29, 0.717) is 22.7 Å². The largest absolute Gasteiger partial charge is 0.497 e. The van der Waals surface area contributed by atoms with Crippen molar-refractivity contribution in [2.75, 3.05) is 18.2 Å².